The molecule has 0 spiro atoms. The lowest BCUT2D eigenvalue weighted by Gasteiger charge is -2.16. The van der Waals surface area contributed by atoms with Crippen LogP contribution in [0.4, 0.5) is 23.0 Å². The van der Waals surface area contributed by atoms with E-state index in [9.17, 15) is 25.5 Å². The van der Waals surface area contributed by atoms with Gasteiger partial charge < -0.3 is 5.73 Å². The normalized spacial score (nSPS) is 12.8. The summed E-state index contributed by atoms with van der Waals surface area (Å²) in [7, 11) is -5.07. The number of nitrogens with zero attached hydrogens (tertiary/aromatic N) is 3. The lowest BCUT2D eigenvalue weighted by molar-refractivity contribution is -0.144. The summed E-state index contributed by atoms with van der Waals surface area (Å²) in [5.41, 5.74) is 5.98. The Morgan fingerprint density at radius 1 is 1.25 bits per heavy atom. The maximum atomic E-state index is 13.4. The lowest BCUT2D eigenvalue weighted by Crippen LogP contribution is -2.11. The first-order valence-electron chi connectivity index (χ1n) is 6.71. The van der Waals surface area contributed by atoms with Gasteiger partial charge in [0.2, 0.25) is 5.95 Å². The summed E-state index contributed by atoms with van der Waals surface area (Å²) in [5, 5.41) is 3.29. The number of hydrogen-bond acceptors (Lipinski definition) is 5. The highest BCUT2D eigenvalue weighted by Gasteiger charge is 2.37. The molecule has 0 saturated carbocycles. The topological polar surface area (TPSA) is 90.9 Å². The average molecular weight is 366 g/mol. The fraction of sp³-hybridized carbons (Fsp3) is 0.385. The zero-order chi connectivity index (χ0) is 18.4. The van der Waals surface area contributed by atoms with Crippen LogP contribution in [0.25, 0.3) is 5.69 Å². The van der Waals surface area contributed by atoms with Crippen molar-refractivity contribution in [2.75, 3.05) is 5.73 Å². The highest BCUT2D eigenvalue weighted by atomic mass is 32.3. The van der Waals surface area contributed by atoms with E-state index in [-0.39, 0.29) is 17.2 Å². The molecule has 0 atom stereocenters. The largest absolute Gasteiger partial charge is 0.453 e. The monoisotopic (exact) mass is 366 g/mol. The molecule has 1 aromatic heterocycles. The minimum Gasteiger partial charge on any atom is -0.368 e. The first kappa shape index (κ1) is 18.2. The SMILES string of the molecule is Cc1cc(C(C)C)c(-n2nc(C(F)(F)F)nc2N)cc1S(=O)(=O)F. The predicted octanol–water partition coefficient (Wildman–Crippen LogP) is 2.96. The van der Waals surface area contributed by atoms with Crippen molar-refractivity contribution in [2.45, 2.75) is 37.8 Å². The van der Waals surface area contributed by atoms with E-state index < -0.39 is 33.1 Å². The van der Waals surface area contributed by atoms with Gasteiger partial charge in [-0.15, -0.1) is 8.98 Å². The Balaban J connectivity index is 2.80. The number of anilines is 1. The molecule has 1 aromatic carbocycles. The molecule has 2 N–H and O–H groups in total. The molecule has 0 radical (unpaired) electrons. The summed E-state index contributed by atoms with van der Waals surface area (Å²) < 4.78 is 74.8. The number of aryl methyl sites for hydroxylation is 1. The standard InChI is InChI=1S/C13H14F4N4O2S/c1-6(2)8-4-7(3)10(24(17,22)23)5-9(8)21-12(18)19-11(20-21)13(14,15)16/h4-6H,1-3H3,(H2,18,19,20). The molecule has 0 unspecified atom stereocenters. The second-order valence-corrected chi connectivity index (χ2v) is 6.79. The quantitative estimate of drug-likeness (QED) is 0.666. The molecule has 0 aliphatic carbocycles. The van der Waals surface area contributed by atoms with Gasteiger partial charge in [0.25, 0.3) is 5.82 Å². The van der Waals surface area contributed by atoms with Crippen LogP contribution in [0.1, 0.15) is 36.7 Å². The second kappa shape index (κ2) is 5.72. The first-order chi connectivity index (χ1) is 10.8. The Bertz CT molecular complexity index is 888. The van der Waals surface area contributed by atoms with Gasteiger partial charge in [-0.05, 0) is 30.0 Å². The highest BCUT2D eigenvalue weighted by molar-refractivity contribution is 7.86. The van der Waals surface area contributed by atoms with Crippen molar-refractivity contribution >= 4 is 16.2 Å². The van der Waals surface area contributed by atoms with Crippen LogP contribution in [0.2, 0.25) is 0 Å². The van der Waals surface area contributed by atoms with Gasteiger partial charge in [0.15, 0.2) is 0 Å². The summed E-state index contributed by atoms with van der Waals surface area (Å²) >= 11 is 0. The van der Waals surface area contributed by atoms with Crippen LogP contribution in [-0.2, 0) is 16.4 Å². The molecule has 0 fully saturated rings. The lowest BCUT2D eigenvalue weighted by atomic mass is 9.99. The Morgan fingerprint density at radius 3 is 2.25 bits per heavy atom. The van der Waals surface area contributed by atoms with Crippen molar-refractivity contribution in [3.63, 3.8) is 0 Å². The number of nitrogen functional groups attached to an aromatic ring is 1. The van der Waals surface area contributed by atoms with Gasteiger partial charge in [-0.25, -0.2) is 0 Å². The van der Waals surface area contributed by atoms with Crippen LogP contribution < -0.4 is 5.73 Å². The molecule has 11 heteroatoms. The molecule has 2 aromatic rings. The molecule has 24 heavy (non-hydrogen) atoms. The van der Waals surface area contributed by atoms with Crippen LogP contribution in [-0.4, -0.2) is 23.2 Å². The van der Waals surface area contributed by atoms with Crippen molar-refractivity contribution in [1.29, 1.82) is 0 Å². The van der Waals surface area contributed by atoms with Crippen LogP contribution in [0.3, 0.4) is 0 Å². The van der Waals surface area contributed by atoms with Crippen LogP contribution in [0.15, 0.2) is 17.0 Å². The van der Waals surface area contributed by atoms with E-state index in [4.69, 9.17) is 5.73 Å². The third-order valence-corrected chi connectivity index (χ3v) is 4.29. The van der Waals surface area contributed by atoms with E-state index in [2.05, 4.69) is 10.1 Å². The number of aromatic nitrogens is 3. The summed E-state index contributed by atoms with van der Waals surface area (Å²) in [6.07, 6.45) is -4.82. The zero-order valence-electron chi connectivity index (χ0n) is 12.9. The number of rotatable bonds is 3. The molecule has 0 saturated heterocycles. The van der Waals surface area contributed by atoms with Gasteiger partial charge in [-0.2, -0.15) is 31.3 Å². The maximum absolute atomic E-state index is 13.4. The van der Waals surface area contributed by atoms with Gasteiger partial charge in [0.1, 0.15) is 4.90 Å². The highest BCUT2D eigenvalue weighted by Crippen LogP contribution is 2.32. The Labute approximate surface area is 135 Å². The number of halogens is 4. The van der Waals surface area contributed by atoms with E-state index in [1.807, 2.05) is 0 Å². The van der Waals surface area contributed by atoms with Crippen molar-refractivity contribution < 1.29 is 25.5 Å². The third kappa shape index (κ3) is 3.35. The molecular weight excluding hydrogens is 352 g/mol. The molecule has 1 heterocycles. The summed E-state index contributed by atoms with van der Waals surface area (Å²) in [5.74, 6) is -2.27. The fourth-order valence-corrected chi connectivity index (χ4v) is 2.93. The Hall–Kier alpha value is -2.17. The average Bonchev–Trinajstić information content (AvgIpc) is 2.79. The predicted molar refractivity (Wildman–Crippen MR) is 77.9 cm³/mol. The number of alkyl halides is 3. The molecule has 6 nitrogen and oxygen atoms in total. The molecule has 2 rings (SSSR count). The van der Waals surface area contributed by atoms with E-state index >= 15 is 0 Å². The molecule has 0 aliphatic heterocycles. The summed E-state index contributed by atoms with van der Waals surface area (Å²) in [6.45, 7) is 4.85. The van der Waals surface area contributed by atoms with Gasteiger partial charge in [-0.3, -0.25) is 0 Å². The summed E-state index contributed by atoms with van der Waals surface area (Å²) in [6, 6.07) is 2.28. The minimum atomic E-state index is -5.07. The molecule has 0 aliphatic rings. The Morgan fingerprint density at radius 2 is 1.83 bits per heavy atom. The molecule has 0 amide bonds. The molecule has 132 valence electrons. The smallest absolute Gasteiger partial charge is 0.368 e. The number of benzene rings is 1. The van der Waals surface area contributed by atoms with Crippen molar-refractivity contribution in [3.05, 3.63) is 29.1 Å². The van der Waals surface area contributed by atoms with Crippen molar-refractivity contribution in [2.24, 2.45) is 0 Å². The van der Waals surface area contributed by atoms with E-state index in [1.165, 1.54) is 13.0 Å². The van der Waals surface area contributed by atoms with Crippen LogP contribution in [0.5, 0.6) is 0 Å². The van der Waals surface area contributed by atoms with E-state index in [0.717, 1.165) is 6.07 Å². The fourth-order valence-electron chi connectivity index (χ4n) is 2.23. The minimum absolute atomic E-state index is 0.0766. The van der Waals surface area contributed by atoms with E-state index in [0.29, 0.717) is 10.2 Å². The van der Waals surface area contributed by atoms with E-state index in [1.54, 1.807) is 13.8 Å². The van der Waals surface area contributed by atoms with Crippen LogP contribution in [0, 0.1) is 6.92 Å². The van der Waals surface area contributed by atoms with Gasteiger partial charge in [0.05, 0.1) is 5.69 Å². The number of hydrogen-bond donors (Lipinski definition) is 1. The zero-order valence-corrected chi connectivity index (χ0v) is 13.7. The molecule has 0 bridgehead atoms. The van der Waals surface area contributed by atoms with Crippen molar-refractivity contribution in [1.82, 2.24) is 14.8 Å². The number of nitrogens with two attached hydrogens (primary N) is 1. The maximum Gasteiger partial charge on any atom is 0.453 e. The van der Waals surface area contributed by atoms with Crippen LogP contribution >= 0.6 is 0 Å². The van der Waals surface area contributed by atoms with Gasteiger partial charge in [-0.1, -0.05) is 19.9 Å². The van der Waals surface area contributed by atoms with Gasteiger partial charge >= 0.3 is 16.4 Å². The van der Waals surface area contributed by atoms with Gasteiger partial charge in [0, 0.05) is 0 Å². The first-order valence-corrected chi connectivity index (χ1v) is 8.10. The summed E-state index contributed by atoms with van der Waals surface area (Å²) in [4.78, 5) is 2.47. The second-order valence-electron chi connectivity index (χ2n) is 5.47. The third-order valence-electron chi connectivity index (χ3n) is 3.32. The molecular formula is C13H14F4N4O2S. The van der Waals surface area contributed by atoms with Crippen molar-refractivity contribution in [3.8, 4) is 5.69 Å². The Kier molecular flexibility index (Phi) is 4.33.